The van der Waals surface area contributed by atoms with Gasteiger partial charge in [-0.25, -0.2) is 4.79 Å². The summed E-state index contributed by atoms with van der Waals surface area (Å²) in [5.74, 6) is -1.54. The van der Waals surface area contributed by atoms with Crippen molar-refractivity contribution in [2.45, 2.75) is 26.9 Å². The van der Waals surface area contributed by atoms with Crippen LogP contribution in [0, 0.1) is 24.0 Å². The maximum Gasteiger partial charge on any atom is 0.433 e. The van der Waals surface area contributed by atoms with Gasteiger partial charge in [-0.2, -0.15) is 0 Å². The lowest BCUT2D eigenvalue weighted by Crippen LogP contribution is -2.29. The lowest BCUT2D eigenvalue weighted by Gasteiger charge is -2.14. The van der Waals surface area contributed by atoms with Crippen molar-refractivity contribution in [2.24, 2.45) is 0 Å². The van der Waals surface area contributed by atoms with Crippen LogP contribution in [0.2, 0.25) is 0 Å². The Bertz CT molecular complexity index is 868. The van der Waals surface area contributed by atoms with Crippen molar-refractivity contribution in [3.05, 3.63) is 63.4 Å². The second-order valence-electron chi connectivity index (χ2n) is 5.65. The maximum atomic E-state index is 12.2. The van der Waals surface area contributed by atoms with Crippen molar-refractivity contribution in [3.8, 4) is 0 Å². The summed E-state index contributed by atoms with van der Waals surface area (Å²) in [5, 5.41) is 13.2. The summed E-state index contributed by atoms with van der Waals surface area (Å²) in [6.07, 6.45) is 1.24. The van der Waals surface area contributed by atoms with Gasteiger partial charge in [0.1, 0.15) is 10.7 Å². The number of aryl methyl sites for hydroxylation is 2. The summed E-state index contributed by atoms with van der Waals surface area (Å²) in [7, 11) is 0. The molecule has 0 bridgehead atoms. The second kappa shape index (κ2) is 8.11. The van der Waals surface area contributed by atoms with Gasteiger partial charge in [0.15, 0.2) is 6.10 Å². The number of anilines is 1. The van der Waals surface area contributed by atoms with Crippen LogP contribution in [0.4, 0.5) is 11.6 Å². The topological polar surface area (TPSA) is 112 Å². The molecule has 0 fully saturated rings. The van der Waals surface area contributed by atoms with Gasteiger partial charge < -0.3 is 14.5 Å². The van der Waals surface area contributed by atoms with Crippen LogP contribution in [0.5, 0.6) is 0 Å². The Morgan fingerprint density at radius 3 is 2.65 bits per heavy atom. The number of nitro groups is 1. The van der Waals surface area contributed by atoms with E-state index >= 15 is 0 Å². The molecule has 2 rings (SSSR count). The number of hydrogen-bond donors (Lipinski definition) is 1. The van der Waals surface area contributed by atoms with Gasteiger partial charge >= 0.3 is 11.9 Å². The third-order valence-corrected chi connectivity index (χ3v) is 3.49. The van der Waals surface area contributed by atoms with E-state index in [1.807, 2.05) is 32.0 Å². The molecule has 1 N–H and O–H groups in total. The molecule has 8 nitrogen and oxygen atoms in total. The highest BCUT2D eigenvalue weighted by Crippen LogP contribution is 2.18. The SMILES string of the molecule is Cc1ccc(C)c(NC(=O)[C@H](C)OC(=O)/C=C/c2ccc([N+](=O)[O-])o2)c1. The first-order chi connectivity index (χ1) is 12.3. The minimum Gasteiger partial charge on any atom is -0.449 e. The fourth-order valence-electron chi connectivity index (χ4n) is 2.05. The molecule has 1 atom stereocenters. The highest BCUT2D eigenvalue weighted by Gasteiger charge is 2.17. The summed E-state index contributed by atoms with van der Waals surface area (Å²) in [6, 6.07) is 8.15. The Labute approximate surface area is 149 Å². The number of carbonyl (C=O) groups is 2. The van der Waals surface area contributed by atoms with Crippen LogP contribution in [0.25, 0.3) is 6.08 Å². The molecule has 0 aliphatic rings. The smallest absolute Gasteiger partial charge is 0.433 e. The second-order valence-corrected chi connectivity index (χ2v) is 5.65. The zero-order valence-electron chi connectivity index (χ0n) is 14.5. The highest BCUT2D eigenvalue weighted by atomic mass is 16.6. The van der Waals surface area contributed by atoms with Crippen molar-refractivity contribution < 1.29 is 23.7 Å². The third kappa shape index (κ3) is 5.04. The first kappa shape index (κ1) is 18.9. The molecular weight excluding hydrogens is 340 g/mol. The Balaban J connectivity index is 1.93. The molecule has 0 saturated heterocycles. The number of ether oxygens (including phenoxy) is 1. The number of furan rings is 1. The third-order valence-electron chi connectivity index (χ3n) is 3.49. The Hall–Kier alpha value is -3.42. The quantitative estimate of drug-likeness (QED) is 0.367. The predicted molar refractivity (Wildman–Crippen MR) is 94.5 cm³/mol. The largest absolute Gasteiger partial charge is 0.449 e. The van der Waals surface area contributed by atoms with Crippen LogP contribution in [0.3, 0.4) is 0 Å². The van der Waals surface area contributed by atoms with Gasteiger partial charge in [-0.3, -0.25) is 14.9 Å². The molecule has 2 aromatic rings. The first-order valence-corrected chi connectivity index (χ1v) is 7.77. The predicted octanol–water partition coefficient (Wildman–Crippen LogP) is 3.39. The lowest BCUT2D eigenvalue weighted by atomic mass is 10.1. The number of benzene rings is 1. The monoisotopic (exact) mass is 358 g/mol. The number of amides is 1. The molecule has 0 unspecified atom stereocenters. The normalized spacial score (nSPS) is 12.0. The molecule has 0 aliphatic carbocycles. The average Bonchev–Trinajstić information content (AvgIpc) is 3.05. The Morgan fingerprint density at radius 2 is 2.00 bits per heavy atom. The van der Waals surface area contributed by atoms with E-state index in [-0.39, 0.29) is 5.76 Å². The standard InChI is InChI=1S/C18H18N2O6/c1-11-4-5-12(2)15(10-11)19-18(22)13(3)25-17(21)9-7-14-6-8-16(26-14)20(23)24/h4-10,13H,1-3H3,(H,19,22)/b9-7+/t13-/m0/s1. The van der Waals surface area contributed by atoms with Crippen LogP contribution >= 0.6 is 0 Å². The summed E-state index contributed by atoms with van der Waals surface area (Å²) in [5.41, 5.74) is 2.53. The van der Waals surface area contributed by atoms with E-state index in [0.717, 1.165) is 17.2 Å². The maximum absolute atomic E-state index is 12.2. The number of hydrogen-bond acceptors (Lipinski definition) is 6. The molecule has 26 heavy (non-hydrogen) atoms. The van der Waals surface area contributed by atoms with E-state index in [0.29, 0.717) is 5.69 Å². The molecule has 136 valence electrons. The van der Waals surface area contributed by atoms with E-state index in [1.54, 1.807) is 0 Å². The molecule has 0 aliphatic heterocycles. The van der Waals surface area contributed by atoms with Gasteiger partial charge in [0.05, 0.1) is 6.07 Å². The molecular formula is C18H18N2O6. The van der Waals surface area contributed by atoms with Crippen molar-refractivity contribution >= 4 is 29.5 Å². The number of nitrogens with zero attached hydrogens (tertiary/aromatic N) is 1. The van der Waals surface area contributed by atoms with Crippen LogP contribution in [0.1, 0.15) is 23.8 Å². The van der Waals surface area contributed by atoms with Crippen molar-refractivity contribution in [2.75, 3.05) is 5.32 Å². The zero-order valence-corrected chi connectivity index (χ0v) is 14.5. The van der Waals surface area contributed by atoms with Crippen LogP contribution in [0.15, 0.2) is 40.8 Å². The Morgan fingerprint density at radius 1 is 1.27 bits per heavy atom. The zero-order chi connectivity index (χ0) is 19.3. The number of nitrogens with one attached hydrogen (secondary N) is 1. The molecule has 1 aromatic heterocycles. The molecule has 0 spiro atoms. The molecule has 8 heteroatoms. The fourth-order valence-corrected chi connectivity index (χ4v) is 2.05. The van der Waals surface area contributed by atoms with E-state index in [2.05, 4.69) is 5.32 Å². The molecule has 0 radical (unpaired) electrons. The minimum atomic E-state index is -1.02. The Kier molecular flexibility index (Phi) is 5.90. The first-order valence-electron chi connectivity index (χ1n) is 7.77. The van der Waals surface area contributed by atoms with E-state index in [1.165, 1.54) is 25.1 Å². The fraction of sp³-hybridized carbons (Fsp3) is 0.222. The summed E-state index contributed by atoms with van der Waals surface area (Å²) >= 11 is 0. The molecule has 1 heterocycles. The van der Waals surface area contributed by atoms with Crippen molar-refractivity contribution in [1.82, 2.24) is 0 Å². The van der Waals surface area contributed by atoms with E-state index < -0.39 is 28.8 Å². The lowest BCUT2D eigenvalue weighted by molar-refractivity contribution is -0.402. The average molecular weight is 358 g/mol. The minimum absolute atomic E-state index is 0.126. The van der Waals surface area contributed by atoms with Crippen LogP contribution < -0.4 is 5.32 Å². The van der Waals surface area contributed by atoms with Gasteiger partial charge in [-0.1, -0.05) is 12.1 Å². The van der Waals surface area contributed by atoms with E-state index in [9.17, 15) is 19.7 Å². The van der Waals surface area contributed by atoms with Crippen LogP contribution in [-0.2, 0) is 14.3 Å². The highest BCUT2D eigenvalue weighted by molar-refractivity contribution is 5.97. The van der Waals surface area contributed by atoms with Crippen molar-refractivity contribution in [1.29, 1.82) is 0 Å². The summed E-state index contributed by atoms with van der Waals surface area (Å²) < 4.78 is 9.90. The van der Waals surface area contributed by atoms with Gasteiger partial charge in [0.25, 0.3) is 5.91 Å². The summed E-state index contributed by atoms with van der Waals surface area (Å²) in [4.78, 5) is 33.8. The van der Waals surface area contributed by atoms with Gasteiger partial charge in [0, 0.05) is 11.8 Å². The molecule has 1 aromatic carbocycles. The van der Waals surface area contributed by atoms with Gasteiger partial charge in [-0.05, 0) is 50.1 Å². The van der Waals surface area contributed by atoms with Crippen LogP contribution in [-0.4, -0.2) is 22.9 Å². The van der Waals surface area contributed by atoms with Gasteiger partial charge in [-0.15, -0.1) is 0 Å². The number of esters is 1. The number of rotatable bonds is 6. The molecule has 1 amide bonds. The molecule has 0 saturated carbocycles. The number of carbonyl (C=O) groups excluding carboxylic acids is 2. The van der Waals surface area contributed by atoms with E-state index in [4.69, 9.17) is 9.15 Å². The summed E-state index contributed by atoms with van der Waals surface area (Å²) in [6.45, 7) is 5.21. The van der Waals surface area contributed by atoms with Crippen molar-refractivity contribution in [3.63, 3.8) is 0 Å². The van der Waals surface area contributed by atoms with Gasteiger partial charge in [0.2, 0.25) is 0 Å².